The minimum absolute atomic E-state index is 0. The lowest BCUT2D eigenvalue weighted by atomic mass is 10.2. The standard InChI is InChI=1S/C12H17N5O.ClH/c1-12(2)16-10(13)15-11(14)17(12)18-8-9-6-4-3-5-7-9;/h3-7H,8H2,1-2H3,(H4,13,14,15,16);1H. The highest BCUT2D eigenvalue weighted by molar-refractivity contribution is 5.95. The number of hydrogen-bond acceptors (Lipinski definition) is 6. The van der Waals surface area contributed by atoms with E-state index in [1.54, 1.807) is 0 Å². The minimum Gasteiger partial charge on any atom is -0.368 e. The van der Waals surface area contributed by atoms with Crippen LogP contribution in [0.5, 0.6) is 0 Å². The van der Waals surface area contributed by atoms with Crippen LogP contribution in [0.1, 0.15) is 19.4 Å². The summed E-state index contributed by atoms with van der Waals surface area (Å²) in [5.41, 5.74) is 11.8. The summed E-state index contributed by atoms with van der Waals surface area (Å²) in [5, 5.41) is 1.47. The SMILES string of the molecule is CC1(C)N=C(N)N=C(N)N1OCc1ccccc1.Cl. The molecule has 0 fully saturated rings. The molecule has 0 radical (unpaired) electrons. The monoisotopic (exact) mass is 283 g/mol. The second-order valence-electron chi connectivity index (χ2n) is 4.49. The van der Waals surface area contributed by atoms with Crippen molar-refractivity contribution in [2.75, 3.05) is 0 Å². The van der Waals surface area contributed by atoms with Gasteiger partial charge in [0, 0.05) is 0 Å². The smallest absolute Gasteiger partial charge is 0.226 e. The number of nitrogens with two attached hydrogens (primary N) is 2. The molecule has 1 aliphatic heterocycles. The number of halogens is 1. The normalized spacial score (nSPS) is 17.3. The van der Waals surface area contributed by atoms with E-state index in [9.17, 15) is 0 Å². The predicted molar refractivity (Wildman–Crippen MR) is 77.6 cm³/mol. The number of benzene rings is 1. The molecule has 0 saturated carbocycles. The van der Waals surface area contributed by atoms with E-state index in [2.05, 4.69) is 9.98 Å². The van der Waals surface area contributed by atoms with Gasteiger partial charge in [-0.2, -0.15) is 10.1 Å². The molecular formula is C12H18ClN5O. The van der Waals surface area contributed by atoms with Gasteiger partial charge in [0.15, 0.2) is 5.66 Å². The van der Waals surface area contributed by atoms with Crippen LogP contribution in [0.15, 0.2) is 40.3 Å². The molecule has 1 aliphatic rings. The Kier molecular flexibility index (Phi) is 4.74. The van der Waals surface area contributed by atoms with Crippen LogP contribution < -0.4 is 11.5 Å². The molecule has 19 heavy (non-hydrogen) atoms. The Bertz CT molecular complexity index is 486. The number of rotatable bonds is 3. The van der Waals surface area contributed by atoms with E-state index in [-0.39, 0.29) is 24.3 Å². The Labute approximate surface area is 118 Å². The molecule has 0 bridgehead atoms. The maximum atomic E-state index is 5.80. The summed E-state index contributed by atoms with van der Waals surface area (Å²) >= 11 is 0. The Hall–Kier alpha value is -1.79. The lowest BCUT2D eigenvalue weighted by molar-refractivity contribution is -0.166. The molecule has 0 amide bonds. The molecule has 1 heterocycles. The van der Waals surface area contributed by atoms with Crippen molar-refractivity contribution in [1.82, 2.24) is 5.06 Å². The maximum Gasteiger partial charge on any atom is 0.226 e. The molecule has 0 atom stereocenters. The molecule has 2 rings (SSSR count). The Morgan fingerprint density at radius 1 is 1.21 bits per heavy atom. The summed E-state index contributed by atoms with van der Waals surface area (Å²) in [6.07, 6.45) is 0. The lowest BCUT2D eigenvalue weighted by Gasteiger charge is -2.36. The van der Waals surface area contributed by atoms with Gasteiger partial charge in [0.1, 0.15) is 6.61 Å². The third-order valence-electron chi connectivity index (χ3n) is 2.53. The zero-order valence-electron chi connectivity index (χ0n) is 10.9. The molecule has 1 aromatic carbocycles. The van der Waals surface area contributed by atoms with Crippen LogP contribution in [0.25, 0.3) is 0 Å². The van der Waals surface area contributed by atoms with Crippen molar-refractivity contribution in [3.8, 4) is 0 Å². The van der Waals surface area contributed by atoms with Crippen LogP contribution in [0, 0.1) is 0 Å². The fraction of sp³-hybridized carbons (Fsp3) is 0.333. The Balaban J connectivity index is 0.00000180. The van der Waals surface area contributed by atoms with Gasteiger partial charge in [0.05, 0.1) is 0 Å². The van der Waals surface area contributed by atoms with Gasteiger partial charge in [-0.1, -0.05) is 30.3 Å². The van der Waals surface area contributed by atoms with Crippen molar-refractivity contribution in [2.45, 2.75) is 26.1 Å². The van der Waals surface area contributed by atoms with E-state index in [0.717, 1.165) is 5.56 Å². The van der Waals surface area contributed by atoms with Gasteiger partial charge < -0.3 is 11.5 Å². The van der Waals surface area contributed by atoms with Gasteiger partial charge in [0.2, 0.25) is 11.9 Å². The second kappa shape index (κ2) is 5.90. The topological polar surface area (TPSA) is 89.2 Å². The van der Waals surface area contributed by atoms with E-state index in [0.29, 0.717) is 6.61 Å². The van der Waals surface area contributed by atoms with E-state index in [4.69, 9.17) is 16.3 Å². The average Bonchev–Trinajstić information content (AvgIpc) is 2.27. The van der Waals surface area contributed by atoms with Crippen LogP contribution in [-0.4, -0.2) is 22.6 Å². The first kappa shape index (κ1) is 15.3. The molecule has 1 aromatic rings. The highest BCUT2D eigenvalue weighted by Crippen LogP contribution is 2.20. The largest absolute Gasteiger partial charge is 0.368 e. The number of hydroxylamine groups is 2. The first-order chi connectivity index (χ1) is 8.49. The van der Waals surface area contributed by atoms with Crippen molar-refractivity contribution in [2.24, 2.45) is 21.5 Å². The van der Waals surface area contributed by atoms with Crippen LogP contribution in [0.3, 0.4) is 0 Å². The number of guanidine groups is 2. The van der Waals surface area contributed by atoms with E-state index < -0.39 is 5.66 Å². The molecule has 0 aliphatic carbocycles. The zero-order chi connectivity index (χ0) is 13.2. The Morgan fingerprint density at radius 3 is 2.42 bits per heavy atom. The highest BCUT2D eigenvalue weighted by Gasteiger charge is 2.33. The molecule has 0 spiro atoms. The summed E-state index contributed by atoms with van der Waals surface area (Å²) in [7, 11) is 0. The third kappa shape index (κ3) is 3.59. The molecular weight excluding hydrogens is 266 g/mol. The molecule has 6 nitrogen and oxygen atoms in total. The van der Waals surface area contributed by atoms with Crippen molar-refractivity contribution in [3.05, 3.63) is 35.9 Å². The second-order valence-corrected chi connectivity index (χ2v) is 4.49. The first-order valence-electron chi connectivity index (χ1n) is 5.65. The molecule has 104 valence electrons. The van der Waals surface area contributed by atoms with Crippen LogP contribution in [0.4, 0.5) is 0 Å². The lowest BCUT2D eigenvalue weighted by Crippen LogP contribution is -2.53. The van der Waals surface area contributed by atoms with Crippen molar-refractivity contribution in [1.29, 1.82) is 0 Å². The number of nitrogens with zero attached hydrogens (tertiary/aromatic N) is 3. The summed E-state index contributed by atoms with van der Waals surface area (Å²) in [6.45, 7) is 4.11. The van der Waals surface area contributed by atoms with Gasteiger partial charge in [-0.25, -0.2) is 4.99 Å². The number of aliphatic imine (C=N–C) groups is 2. The predicted octanol–water partition coefficient (Wildman–Crippen LogP) is 1.22. The van der Waals surface area contributed by atoms with E-state index in [1.165, 1.54) is 5.06 Å². The zero-order valence-corrected chi connectivity index (χ0v) is 11.7. The van der Waals surface area contributed by atoms with E-state index in [1.807, 2.05) is 44.2 Å². The molecule has 0 saturated heterocycles. The van der Waals surface area contributed by atoms with Gasteiger partial charge in [-0.05, 0) is 19.4 Å². The van der Waals surface area contributed by atoms with Crippen LogP contribution in [-0.2, 0) is 11.4 Å². The third-order valence-corrected chi connectivity index (χ3v) is 2.53. The van der Waals surface area contributed by atoms with E-state index >= 15 is 0 Å². The first-order valence-corrected chi connectivity index (χ1v) is 5.65. The van der Waals surface area contributed by atoms with Gasteiger partial charge >= 0.3 is 0 Å². The summed E-state index contributed by atoms with van der Waals surface area (Å²) < 4.78 is 0. The molecule has 0 unspecified atom stereocenters. The summed E-state index contributed by atoms with van der Waals surface area (Å²) in [6, 6.07) is 9.81. The summed E-state index contributed by atoms with van der Waals surface area (Å²) in [5.74, 6) is 0.375. The summed E-state index contributed by atoms with van der Waals surface area (Å²) in [4.78, 5) is 13.7. The maximum absolute atomic E-state index is 5.80. The van der Waals surface area contributed by atoms with Crippen molar-refractivity contribution in [3.63, 3.8) is 0 Å². The highest BCUT2D eigenvalue weighted by atomic mass is 35.5. The van der Waals surface area contributed by atoms with Crippen molar-refractivity contribution < 1.29 is 4.84 Å². The van der Waals surface area contributed by atoms with Gasteiger partial charge in [-0.3, -0.25) is 4.84 Å². The molecule has 0 aromatic heterocycles. The van der Waals surface area contributed by atoms with Gasteiger partial charge in [0.25, 0.3) is 0 Å². The quantitative estimate of drug-likeness (QED) is 0.873. The number of hydrogen-bond donors (Lipinski definition) is 2. The fourth-order valence-corrected chi connectivity index (χ4v) is 1.73. The molecule has 4 N–H and O–H groups in total. The van der Waals surface area contributed by atoms with Crippen LogP contribution in [0.2, 0.25) is 0 Å². The van der Waals surface area contributed by atoms with Crippen molar-refractivity contribution >= 4 is 24.3 Å². The minimum atomic E-state index is -0.662. The fourth-order valence-electron chi connectivity index (χ4n) is 1.73. The van der Waals surface area contributed by atoms with Crippen LogP contribution >= 0.6 is 12.4 Å². The molecule has 7 heteroatoms. The Morgan fingerprint density at radius 2 is 1.84 bits per heavy atom. The van der Waals surface area contributed by atoms with Gasteiger partial charge in [-0.15, -0.1) is 12.4 Å². The average molecular weight is 284 g/mol.